The van der Waals surface area contributed by atoms with Gasteiger partial charge in [0.25, 0.3) is 11.8 Å². The molecule has 3 rings (SSSR count). The molecular formula is C23H22N2O3. The van der Waals surface area contributed by atoms with Gasteiger partial charge in [-0.05, 0) is 42.8 Å². The molecule has 0 radical (unpaired) electrons. The van der Waals surface area contributed by atoms with Crippen molar-refractivity contribution < 1.29 is 14.3 Å². The minimum atomic E-state index is -0.308. The number of carbonyl (C=O) groups excluding carboxylic acids is 2. The number of ether oxygens (including phenoxy) is 1. The van der Waals surface area contributed by atoms with Crippen molar-refractivity contribution in [2.24, 2.45) is 0 Å². The lowest BCUT2D eigenvalue weighted by molar-refractivity contribution is 0.0952. The summed E-state index contributed by atoms with van der Waals surface area (Å²) in [7, 11) is 1.55. The van der Waals surface area contributed by atoms with E-state index in [0.717, 1.165) is 5.56 Å². The van der Waals surface area contributed by atoms with Crippen molar-refractivity contribution in [2.45, 2.75) is 13.5 Å². The highest BCUT2D eigenvalue weighted by molar-refractivity contribution is 6.09. The summed E-state index contributed by atoms with van der Waals surface area (Å²) in [4.78, 5) is 25.2. The molecule has 0 fully saturated rings. The van der Waals surface area contributed by atoms with Crippen LogP contribution < -0.4 is 15.4 Å². The second-order valence-electron chi connectivity index (χ2n) is 6.40. The monoisotopic (exact) mass is 374 g/mol. The van der Waals surface area contributed by atoms with Crippen LogP contribution in [0.15, 0.2) is 72.8 Å². The van der Waals surface area contributed by atoms with Crippen molar-refractivity contribution in [1.29, 1.82) is 0 Å². The maximum atomic E-state index is 12.6. The Kier molecular flexibility index (Phi) is 6.07. The van der Waals surface area contributed by atoms with Gasteiger partial charge in [-0.1, -0.05) is 48.0 Å². The van der Waals surface area contributed by atoms with Crippen LogP contribution in [-0.4, -0.2) is 18.9 Å². The lowest BCUT2D eigenvalue weighted by Crippen LogP contribution is -2.24. The van der Waals surface area contributed by atoms with E-state index in [-0.39, 0.29) is 11.8 Å². The molecular weight excluding hydrogens is 352 g/mol. The van der Waals surface area contributed by atoms with Crippen LogP contribution in [0.3, 0.4) is 0 Å². The number of hydrogen-bond acceptors (Lipinski definition) is 3. The molecule has 0 atom stereocenters. The van der Waals surface area contributed by atoms with Crippen LogP contribution in [0.1, 0.15) is 31.8 Å². The molecule has 3 aromatic carbocycles. The standard InChI is InChI=1S/C23H22N2O3/c1-16-10-12-17(13-11-16)15-24-23(27)20-8-3-4-9-21(20)25-22(26)18-6-5-7-19(14-18)28-2/h3-14H,15H2,1-2H3,(H,24,27)(H,25,26). The average molecular weight is 374 g/mol. The quantitative estimate of drug-likeness (QED) is 0.680. The molecule has 0 unspecified atom stereocenters. The van der Waals surface area contributed by atoms with E-state index in [9.17, 15) is 9.59 Å². The zero-order valence-corrected chi connectivity index (χ0v) is 15.9. The molecule has 0 saturated heterocycles. The molecule has 0 aromatic heterocycles. The van der Waals surface area contributed by atoms with Crippen LogP contribution in [0.5, 0.6) is 5.75 Å². The zero-order chi connectivity index (χ0) is 19.9. The van der Waals surface area contributed by atoms with E-state index in [2.05, 4.69) is 10.6 Å². The lowest BCUT2D eigenvalue weighted by Gasteiger charge is -2.12. The first kappa shape index (κ1) is 19.2. The zero-order valence-electron chi connectivity index (χ0n) is 15.9. The van der Waals surface area contributed by atoms with Crippen LogP contribution >= 0.6 is 0 Å². The van der Waals surface area contributed by atoms with Crippen LogP contribution in [-0.2, 0) is 6.54 Å². The molecule has 0 heterocycles. The molecule has 0 aliphatic carbocycles. The predicted octanol–water partition coefficient (Wildman–Crippen LogP) is 4.19. The van der Waals surface area contributed by atoms with E-state index in [0.29, 0.717) is 29.1 Å². The van der Waals surface area contributed by atoms with Gasteiger partial charge in [-0.15, -0.1) is 0 Å². The summed E-state index contributed by atoms with van der Waals surface area (Å²) in [6.07, 6.45) is 0. The Bertz CT molecular complexity index is 981. The van der Waals surface area contributed by atoms with E-state index < -0.39 is 0 Å². The van der Waals surface area contributed by atoms with Gasteiger partial charge >= 0.3 is 0 Å². The van der Waals surface area contributed by atoms with E-state index in [1.807, 2.05) is 31.2 Å². The van der Waals surface area contributed by atoms with Gasteiger partial charge in [-0.3, -0.25) is 9.59 Å². The maximum Gasteiger partial charge on any atom is 0.255 e. The highest BCUT2D eigenvalue weighted by Gasteiger charge is 2.14. The van der Waals surface area contributed by atoms with Gasteiger partial charge in [-0.25, -0.2) is 0 Å². The van der Waals surface area contributed by atoms with Gasteiger partial charge in [0.15, 0.2) is 0 Å². The first-order chi connectivity index (χ1) is 13.6. The van der Waals surface area contributed by atoms with Crippen molar-refractivity contribution in [3.05, 3.63) is 95.1 Å². The highest BCUT2D eigenvalue weighted by atomic mass is 16.5. The van der Waals surface area contributed by atoms with Gasteiger partial charge in [0.1, 0.15) is 5.75 Å². The second-order valence-corrected chi connectivity index (χ2v) is 6.40. The van der Waals surface area contributed by atoms with E-state index in [1.54, 1.807) is 55.6 Å². The average Bonchev–Trinajstić information content (AvgIpc) is 2.73. The van der Waals surface area contributed by atoms with Crippen LogP contribution in [0.2, 0.25) is 0 Å². The summed E-state index contributed by atoms with van der Waals surface area (Å²) in [5.74, 6) is 0.0385. The predicted molar refractivity (Wildman–Crippen MR) is 110 cm³/mol. The van der Waals surface area contributed by atoms with Gasteiger partial charge in [0, 0.05) is 12.1 Å². The molecule has 0 aliphatic rings. The Morgan fingerprint density at radius 2 is 1.64 bits per heavy atom. The van der Waals surface area contributed by atoms with Gasteiger partial charge in [0.2, 0.25) is 0 Å². The number of benzene rings is 3. The third-order valence-electron chi connectivity index (χ3n) is 4.33. The Morgan fingerprint density at radius 1 is 0.893 bits per heavy atom. The molecule has 5 nitrogen and oxygen atoms in total. The van der Waals surface area contributed by atoms with Crippen LogP contribution in [0.4, 0.5) is 5.69 Å². The summed E-state index contributed by atoms with van der Waals surface area (Å²) < 4.78 is 5.15. The minimum absolute atomic E-state index is 0.248. The fraction of sp³-hybridized carbons (Fsp3) is 0.130. The summed E-state index contributed by atoms with van der Waals surface area (Å²) in [5, 5.41) is 5.71. The van der Waals surface area contributed by atoms with Crippen LogP contribution in [0.25, 0.3) is 0 Å². The van der Waals surface area contributed by atoms with E-state index in [4.69, 9.17) is 4.74 Å². The first-order valence-electron chi connectivity index (χ1n) is 8.95. The fourth-order valence-electron chi connectivity index (χ4n) is 2.73. The summed E-state index contributed by atoms with van der Waals surface area (Å²) >= 11 is 0. The molecule has 142 valence electrons. The van der Waals surface area contributed by atoms with Crippen molar-refractivity contribution in [2.75, 3.05) is 12.4 Å². The fourth-order valence-corrected chi connectivity index (χ4v) is 2.73. The molecule has 5 heteroatoms. The van der Waals surface area contributed by atoms with Gasteiger partial charge in [-0.2, -0.15) is 0 Å². The molecule has 0 saturated carbocycles. The third-order valence-corrected chi connectivity index (χ3v) is 4.33. The number of para-hydroxylation sites is 1. The van der Waals surface area contributed by atoms with Gasteiger partial charge < -0.3 is 15.4 Å². The third kappa shape index (κ3) is 4.76. The van der Waals surface area contributed by atoms with Crippen molar-refractivity contribution in [3.63, 3.8) is 0 Å². The topological polar surface area (TPSA) is 67.4 Å². The normalized spacial score (nSPS) is 10.2. The van der Waals surface area contributed by atoms with Crippen molar-refractivity contribution >= 4 is 17.5 Å². The van der Waals surface area contributed by atoms with Crippen molar-refractivity contribution in [3.8, 4) is 5.75 Å². The number of aryl methyl sites for hydroxylation is 1. The Labute approximate surface area is 164 Å². The number of carbonyl (C=O) groups is 2. The molecule has 0 spiro atoms. The number of nitrogens with one attached hydrogen (secondary N) is 2. The molecule has 2 amide bonds. The second kappa shape index (κ2) is 8.86. The smallest absolute Gasteiger partial charge is 0.255 e. The molecule has 0 aliphatic heterocycles. The molecule has 28 heavy (non-hydrogen) atoms. The molecule has 3 aromatic rings. The molecule has 2 N–H and O–H groups in total. The first-order valence-corrected chi connectivity index (χ1v) is 8.95. The summed E-state index contributed by atoms with van der Waals surface area (Å²) in [5.41, 5.74) is 3.49. The van der Waals surface area contributed by atoms with E-state index >= 15 is 0 Å². The SMILES string of the molecule is COc1cccc(C(=O)Nc2ccccc2C(=O)NCc2ccc(C)cc2)c1. The lowest BCUT2D eigenvalue weighted by atomic mass is 10.1. The highest BCUT2D eigenvalue weighted by Crippen LogP contribution is 2.18. The Morgan fingerprint density at radius 3 is 2.39 bits per heavy atom. The molecule has 0 bridgehead atoms. The van der Waals surface area contributed by atoms with Crippen LogP contribution in [0, 0.1) is 6.92 Å². The van der Waals surface area contributed by atoms with E-state index in [1.165, 1.54) is 5.56 Å². The largest absolute Gasteiger partial charge is 0.497 e. The van der Waals surface area contributed by atoms with Crippen molar-refractivity contribution in [1.82, 2.24) is 5.32 Å². The summed E-state index contributed by atoms with van der Waals surface area (Å²) in [6, 6.07) is 21.8. The Balaban J connectivity index is 1.72. The number of amides is 2. The Hall–Kier alpha value is -3.60. The number of rotatable bonds is 6. The number of methoxy groups -OCH3 is 1. The van der Waals surface area contributed by atoms with Gasteiger partial charge in [0.05, 0.1) is 18.4 Å². The minimum Gasteiger partial charge on any atom is -0.497 e. The number of hydrogen-bond donors (Lipinski definition) is 2. The number of anilines is 1. The maximum absolute atomic E-state index is 12.6. The summed E-state index contributed by atoms with van der Waals surface area (Å²) in [6.45, 7) is 2.43.